The van der Waals surface area contributed by atoms with Crippen molar-refractivity contribution in [2.24, 2.45) is 5.10 Å². The summed E-state index contributed by atoms with van der Waals surface area (Å²) in [5.41, 5.74) is 5.73. The second-order valence-electron chi connectivity index (χ2n) is 5.03. The Bertz CT molecular complexity index is 855. The van der Waals surface area contributed by atoms with Gasteiger partial charge < -0.3 is 0 Å². The van der Waals surface area contributed by atoms with Crippen molar-refractivity contribution in [3.05, 3.63) is 64.7 Å². The third-order valence-electron chi connectivity index (χ3n) is 3.12. The highest BCUT2D eigenvalue weighted by Gasteiger charge is 2.06. The predicted octanol–water partition coefficient (Wildman–Crippen LogP) is 3.38. The molecule has 3 aromatic rings. The van der Waals surface area contributed by atoms with Crippen molar-refractivity contribution >= 4 is 23.6 Å². The second kappa shape index (κ2) is 6.58. The number of hydrazone groups is 1. The summed E-state index contributed by atoms with van der Waals surface area (Å²) in [6.07, 6.45) is 3.15. The lowest BCUT2D eigenvalue weighted by atomic mass is 10.2. The van der Waals surface area contributed by atoms with Gasteiger partial charge in [-0.3, -0.25) is 5.43 Å². The zero-order chi connectivity index (χ0) is 16.2. The van der Waals surface area contributed by atoms with E-state index in [-0.39, 0.29) is 0 Å². The van der Waals surface area contributed by atoms with Crippen LogP contribution >= 0.6 is 11.6 Å². The number of nitrogens with one attached hydrogen (secondary N) is 1. The molecular formula is C16H15ClN6. The molecule has 0 bridgehead atoms. The third-order valence-corrected chi connectivity index (χ3v) is 3.36. The summed E-state index contributed by atoms with van der Waals surface area (Å²) >= 11 is 5.93. The number of aromatic nitrogens is 4. The molecule has 2 aromatic heterocycles. The molecule has 0 amide bonds. The van der Waals surface area contributed by atoms with E-state index in [0.717, 1.165) is 17.0 Å². The van der Waals surface area contributed by atoms with Gasteiger partial charge in [0, 0.05) is 16.8 Å². The molecule has 0 saturated carbocycles. The minimum absolute atomic E-state index is 0.584. The van der Waals surface area contributed by atoms with Crippen molar-refractivity contribution in [1.82, 2.24) is 19.7 Å². The first kappa shape index (κ1) is 15.2. The average molecular weight is 327 g/mol. The summed E-state index contributed by atoms with van der Waals surface area (Å²) < 4.78 is 1.77. The van der Waals surface area contributed by atoms with Gasteiger partial charge >= 0.3 is 0 Å². The zero-order valence-corrected chi connectivity index (χ0v) is 13.5. The lowest BCUT2D eigenvalue weighted by Gasteiger charge is -2.05. The van der Waals surface area contributed by atoms with Gasteiger partial charge in [0.2, 0.25) is 0 Å². The maximum Gasteiger partial charge on any atom is 0.159 e. The molecule has 116 valence electrons. The van der Waals surface area contributed by atoms with E-state index >= 15 is 0 Å². The summed E-state index contributed by atoms with van der Waals surface area (Å²) in [7, 11) is 0. The highest BCUT2D eigenvalue weighted by atomic mass is 35.5. The van der Waals surface area contributed by atoms with Gasteiger partial charge in [-0.2, -0.15) is 10.2 Å². The lowest BCUT2D eigenvalue weighted by molar-refractivity contribution is 0.801. The van der Waals surface area contributed by atoms with E-state index in [1.165, 1.54) is 6.33 Å². The maximum atomic E-state index is 5.93. The molecule has 2 heterocycles. The van der Waals surface area contributed by atoms with Crippen molar-refractivity contribution in [1.29, 1.82) is 0 Å². The molecule has 0 aliphatic carbocycles. The van der Waals surface area contributed by atoms with Crippen molar-refractivity contribution in [3.8, 4) is 5.82 Å². The number of rotatable bonds is 4. The number of benzene rings is 1. The van der Waals surface area contributed by atoms with Crippen molar-refractivity contribution < 1.29 is 0 Å². The molecule has 0 spiro atoms. The molecule has 23 heavy (non-hydrogen) atoms. The van der Waals surface area contributed by atoms with E-state index in [2.05, 4.69) is 25.6 Å². The Morgan fingerprint density at radius 2 is 2.04 bits per heavy atom. The van der Waals surface area contributed by atoms with E-state index < -0.39 is 0 Å². The third kappa shape index (κ3) is 3.73. The summed E-state index contributed by atoms with van der Waals surface area (Å²) in [5, 5.41) is 9.24. The van der Waals surface area contributed by atoms with E-state index in [1.54, 1.807) is 17.0 Å². The fraction of sp³-hybridized carbons (Fsp3) is 0.125. The molecule has 0 fully saturated rings. The van der Waals surface area contributed by atoms with Crippen molar-refractivity contribution in [2.45, 2.75) is 13.8 Å². The van der Waals surface area contributed by atoms with Gasteiger partial charge in [-0.25, -0.2) is 14.6 Å². The van der Waals surface area contributed by atoms with Crippen LogP contribution < -0.4 is 5.43 Å². The summed E-state index contributed by atoms with van der Waals surface area (Å²) in [6, 6.07) is 11.2. The van der Waals surface area contributed by atoms with Crippen molar-refractivity contribution in [2.75, 3.05) is 5.43 Å². The zero-order valence-electron chi connectivity index (χ0n) is 12.7. The monoisotopic (exact) mass is 326 g/mol. The number of anilines is 1. The fourth-order valence-electron chi connectivity index (χ4n) is 2.14. The van der Waals surface area contributed by atoms with Crippen LogP contribution in [0.3, 0.4) is 0 Å². The van der Waals surface area contributed by atoms with Crippen LogP contribution in [0.15, 0.2) is 47.8 Å². The molecule has 3 rings (SSSR count). The molecule has 0 radical (unpaired) electrons. The SMILES string of the molecule is Cc1cc(C)n(-c2cc(N/N=C/c3cccc(Cl)c3)ncn2)n1. The van der Waals surface area contributed by atoms with Crippen LogP contribution in [0.2, 0.25) is 5.02 Å². The summed E-state index contributed by atoms with van der Waals surface area (Å²) in [6.45, 7) is 3.92. The van der Waals surface area contributed by atoms with Gasteiger partial charge in [-0.1, -0.05) is 23.7 Å². The number of hydrogen-bond donors (Lipinski definition) is 1. The molecule has 0 atom stereocenters. The second-order valence-corrected chi connectivity index (χ2v) is 5.46. The Balaban J connectivity index is 1.77. The van der Waals surface area contributed by atoms with Crippen LogP contribution in [0.25, 0.3) is 5.82 Å². The number of nitrogens with zero attached hydrogens (tertiary/aromatic N) is 5. The number of halogens is 1. The molecule has 0 aliphatic heterocycles. The minimum Gasteiger partial charge on any atom is -0.261 e. The number of aryl methyl sites for hydroxylation is 2. The van der Waals surface area contributed by atoms with E-state index in [0.29, 0.717) is 16.7 Å². The molecule has 0 saturated heterocycles. The topological polar surface area (TPSA) is 68.0 Å². The Kier molecular flexibility index (Phi) is 4.34. The Morgan fingerprint density at radius 3 is 2.78 bits per heavy atom. The van der Waals surface area contributed by atoms with Crippen LogP contribution in [0.1, 0.15) is 17.0 Å². The van der Waals surface area contributed by atoms with Crippen LogP contribution in [-0.2, 0) is 0 Å². The molecule has 1 aromatic carbocycles. The maximum absolute atomic E-state index is 5.93. The minimum atomic E-state index is 0.584. The molecule has 0 unspecified atom stereocenters. The average Bonchev–Trinajstić information content (AvgIpc) is 2.86. The van der Waals surface area contributed by atoms with Crippen LogP contribution in [0.5, 0.6) is 0 Å². The first-order valence-electron chi connectivity index (χ1n) is 7.02. The molecule has 7 heteroatoms. The smallest absolute Gasteiger partial charge is 0.159 e. The van der Waals surface area contributed by atoms with Gasteiger partial charge in [0.1, 0.15) is 6.33 Å². The first-order valence-corrected chi connectivity index (χ1v) is 7.40. The Labute approximate surface area is 138 Å². The molecular weight excluding hydrogens is 312 g/mol. The molecule has 1 N–H and O–H groups in total. The van der Waals surface area contributed by atoms with Gasteiger partial charge in [0.05, 0.1) is 11.9 Å². The fourth-order valence-corrected chi connectivity index (χ4v) is 2.34. The molecule has 6 nitrogen and oxygen atoms in total. The summed E-state index contributed by atoms with van der Waals surface area (Å²) in [4.78, 5) is 8.39. The highest BCUT2D eigenvalue weighted by molar-refractivity contribution is 6.30. The quantitative estimate of drug-likeness (QED) is 0.589. The van der Waals surface area contributed by atoms with Gasteiger partial charge in [-0.05, 0) is 37.6 Å². The predicted molar refractivity (Wildman–Crippen MR) is 91.3 cm³/mol. The van der Waals surface area contributed by atoms with Crippen LogP contribution in [0.4, 0.5) is 5.82 Å². The van der Waals surface area contributed by atoms with Gasteiger partial charge in [0.25, 0.3) is 0 Å². The van der Waals surface area contributed by atoms with Crippen molar-refractivity contribution in [3.63, 3.8) is 0 Å². The lowest BCUT2D eigenvalue weighted by Crippen LogP contribution is -2.04. The first-order chi connectivity index (χ1) is 11.1. The van der Waals surface area contributed by atoms with Crippen LogP contribution in [0, 0.1) is 13.8 Å². The normalized spacial score (nSPS) is 11.1. The standard InChI is InChI=1S/C16H15ClN6/c1-11-6-12(2)23(22-11)16-8-15(18-10-19-16)21-20-9-13-4-3-5-14(17)7-13/h3-10H,1-2H3,(H,18,19,21)/b20-9+. The van der Waals surface area contributed by atoms with E-state index in [4.69, 9.17) is 11.6 Å². The largest absolute Gasteiger partial charge is 0.261 e. The number of hydrogen-bond acceptors (Lipinski definition) is 5. The highest BCUT2D eigenvalue weighted by Crippen LogP contribution is 2.12. The Morgan fingerprint density at radius 1 is 1.17 bits per heavy atom. The Hall–Kier alpha value is -2.73. The van der Waals surface area contributed by atoms with Gasteiger partial charge in [-0.15, -0.1) is 0 Å². The summed E-state index contributed by atoms with van der Waals surface area (Å²) in [5.74, 6) is 1.27. The van der Waals surface area contributed by atoms with E-state index in [9.17, 15) is 0 Å². The molecule has 0 aliphatic rings. The van der Waals surface area contributed by atoms with E-state index in [1.807, 2.05) is 44.2 Å². The van der Waals surface area contributed by atoms with Gasteiger partial charge in [0.15, 0.2) is 11.6 Å². The van der Waals surface area contributed by atoms with Crippen LogP contribution in [-0.4, -0.2) is 26.0 Å².